The lowest BCUT2D eigenvalue weighted by atomic mass is 9.90. The van der Waals surface area contributed by atoms with Gasteiger partial charge in [0.2, 0.25) is 5.91 Å². The SMILES string of the molecule is O=C(NC1CCCCC1)[C@@H](c1ccc(F)cc1)N(C(=O)c1ccc(-c2ccccc2)[nH]1)C1CCCCC1. The van der Waals surface area contributed by atoms with E-state index < -0.39 is 6.04 Å². The number of carbonyl (C=O) groups is 2. The van der Waals surface area contributed by atoms with Gasteiger partial charge in [0.15, 0.2) is 0 Å². The molecular formula is C31H36FN3O2. The number of carbonyl (C=O) groups excluding carboxylic acids is 2. The quantitative estimate of drug-likeness (QED) is 0.375. The third-order valence-corrected chi connectivity index (χ3v) is 7.87. The first-order valence-electron chi connectivity index (χ1n) is 13.7. The van der Waals surface area contributed by atoms with Crippen LogP contribution in [0.2, 0.25) is 0 Å². The Kier molecular flexibility index (Phi) is 8.02. The van der Waals surface area contributed by atoms with Crippen molar-refractivity contribution in [3.63, 3.8) is 0 Å². The highest BCUT2D eigenvalue weighted by Crippen LogP contribution is 2.33. The Balaban J connectivity index is 1.51. The van der Waals surface area contributed by atoms with Gasteiger partial charge in [-0.2, -0.15) is 0 Å². The summed E-state index contributed by atoms with van der Waals surface area (Å²) >= 11 is 0. The second kappa shape index (κ2) is 11.8. The molecule has 3 aromatic rings. The van der Waals surface area contributed by atoms with Gasteiger partial charge in [0.1, 0.15) is 17.6 Å². The Morgan fingerprint density at radius 3 is 2.14 bits per heavy atom. The zero-order valence-corrected chi connectivity index (χ0v) is 21.3. The maximum atomic E-state index is 14.2. The fourth-order valence-electron chi connectivity index (χ4n) is 5.91. The van der Waals surface area contributed by atoms with Gasteiger partial charge in [0.05, 0.1) is 0 Å². The molecule has 2 amide bonds. The fraction of sp³-hybridized carbons (Fsp3) is 0.419. The van der Waals surface area contributed by atoms with E-state index in [9.17, 15) is 14.0 Å². The molecule has 2 aromatic carbocycles. The summed E-state index contributed by atoms with van der Waals surface area (Å²) in [5.74, 6) is -0.725. The van der Waals surface area contributed by atoms with Gasteiger partial charge < -0.3 is 15.2 Å². The van der Waals surface area contributed by atoms with Crippen molar-refractivity contribution in [2.45, 2.75) is 82.3 Å². The van der Waals surface area contributed by atoms with Crippen LogP contribution in [0.5, 0.6) is 0 Å². The molecule has 5 rings (SSSR count). The summed E-state index contributed by atoms with van der Waals surface area (Å²) in [4.78, 5) is 33.2. The van der Waals surface area contributed by atoms with Crippen molar-refractivity contribution < 1.29 is 14.0 Å². The van der Waals surface area contributed by atoms with E-state index >= 15 is 0 Å². The van der Waals surface area contributed by atoms with Crippen LogP contribution in [-0.2, 0) is 4.79 Å². The number of H-pyrrole nitrogens is 1. The van der Waals surface area contributed by atoms with Gasteiger partial charge in [-0.1, -0.05) is 81.0 Å². The monoisotopic (exact) mass is 501 g/mol. The van der Waals surface area contributed by atoms with Crippen LogP contribution in [0.1, 0.15) is 86.3 Å². The average molecular weight is 502 g/mol. The van der Waals surface area contributed by atoms with Crippen molar-refractivity contribution in [2.24, 2.45) is 0 Å². The molecule has 2 aliphatic carbocycles. The molecule has 0 saturated heterocycles. The van der Waals surface area contributed by atoms with Gasteiger partial charge in [-0.3, -0.25) is 9.59 Å². The predicted octanol–water partition coefficient (Wildman–Crippen LogP) is 6.79. The zero-order valence-electron chi connectivity index (χ0n) is 21.3. The maximum absolute atomic E-state index is 14.2. The lowest BCUT2D eigenvalue weighted by molar-refractivity contribution is -0.127. The summed E-state index contributed by atoms with van der Waals surface area (Å²) in [6.45, 7) is 0. The van der Waals surface area contributed by atoms with E-state index in [0.29, 0.717) is 11.3 Å². The van der Waals surface area contributed by atoms with Crippen LogP contribution in [0.4, 0.5) is 4.39 Å². The number of aromatic nitrogens is 1. The standard InChI is InChI=1S/C31H36FN3O2/c32-24-18-16-23(17-19-24)29(30(36)33-25-12-6-2-7-13-25)35(26-14-8-3-9-15-26)31(37)28-21-20-27(34-28)22-10-4-1-5-11-22/h1,4-5,10-11,16-21,25-26,29,34H,2-3,6-9,12-15H2,(H,33,36)/t29-/m1/s1. The van der Waals surface area contributed by atoms with Gasteiger partial charge in [0, 0.05) is 17.8 Å². The second-order valence-corrected chi connectivity index (χ2v) is 10.5. The molecule has 194 valence electrons. The van der Waals surface area contributed by atoms with E-state index in [2.05, 4.69) is 10.3 Å². The van der Waals surface area contributed by atoms with Crippen molar-refractivity contribution in [1.29, 1.82) is 0 Å². The number of hydrogen-bond donors (Lipinski definition) is 2. The number of aromatic amines is 1. The van der Waals surface area contributed by atoms with Crippen LogP contribution in [-0.4, -0.2) is 33.8 Å². The van der Waals surface area contributed by atoms with Gasteiger partial charge in [0.25, 0.3) is 5.91 Å². The highest BCUT2D eigenvalue weighted by Gasteiger charge is 2.38. The first-order valence-corrected chi connectivity index (χ1v) is 13.7. The summed E-state index contributed by atoms with van der Waals surface area (Å²) in [6, 6.07) is 18.9. The summed E-state index contributed by atoms with van der Waals surface area (Å²) < 4.78 is 13.9. The molecule has 0 radical (unpaired) electrons. The van der Waals surface area contributed by atoms with Gasteiger partial charge in [-0.15, -0.1) is 0 Å². The average Bonchev–Trinajstić information content (AvgIpc) is 3.44. The molecule has 6 heteroatoms. The van der Waals surface area contributed by atoms with Crippen molar-refractivity contribution in [2.75, 3.05) is 0 Å². The molecule has 2 N–H and O–H groups in total. The molecule has 5 nitrogen and oxygen atoms in total. The Bertz CT molecular complexity index is 1180. The number of amides is 2. The summed E-state index contributed by atoms with van der Waals surface area (Å²) in [6.07, 6.45) is 10.2. The van der Waals surface area contributed by atoms with E-state index in [1.165, 1.54) is 18.6 Å². The minimum Gasteiger partial charge on any atom is -0.351 e. The number of benzene rings is 2. The number of halogens is 1. The molecule has 0 bridgehead atoms. The van der Waals surface area contributed by atoms with Crippen LogP contribution >= 0.6 is 0 Å². The predicted molar refractivity (Wildman–Crippen MR) is 143 cm³/mol. The third-order valence-electron chi connectivity index (χ3n) is 7.87. The second-order valence-electron chi connectivity index (χ2n) is 10.5. The normalized spacial score (nSPS) is 17.8. The van der Waals surface area contributed by atoms with Crippen molar-refractivity contribution in [3.8, 4) is 11.3 Å². The molecule has 2 aliphatic rings. The molecule has 2 saturated carbocycles. The molecule has 1 heterocycles. The van der Waals surface area contributed by atoms with Crippen LogP contribution in [0.15, 0.2) is 66.7 Å². The lowest BCUT2D eigenvalue weighted by Gasteiger charge is -2.40. The largest absolute Gasteiger partial charge is 0.351 e. The van der Waals surface area contributed by atoms with Crippen molar-refractivity contribution in [3.05, 3.63) is 83.8 Å². The van der Waals surface area contributed by atoms with Crippen LogP contribution in [0.3, 0.4) is 0 Å². The highest BCUT2D eigenvalue weighted by molar-refractivity contribution is 5.97. The first kappa shape index (κ1) is 25.2. The number of rotatable bonds is 7. The summed E-state index contributed by atoms with van der Waals surface area (Å²) in [7, 11) is 0. The van der Waals surface area contributed by atoms with E-state index in [4.69, 9.17) is 0 Å². The lowest BCUT2D eigenvalue weighted by Crippen LogP contribution is -2.51. The van der Waals surface area contributed by atoms with Crippen molar-refractivity contribution in [1.82, 2.24) is 15.2 Å². The molecule has 1 aromatic heterocycles. The third kappa shape index (κ3) is 5.95. The first-order chi connectivity index (χ1) is 18.1. The Hall–Kier alpha value is -3.41. The van der Waals surface area contributed by atoms with Crippen LogP contribution < -0.4 is 5.32 Å². The van der Waals surface area contributed by atoms with E-state index in [-0.39, 0.29) is 29.7 Å². The molecule has 0 unspecified atom stereocenters. The minimum atomic E-state index is -0.818. The Morgan fingerprint density at radius 1 is 0.811 bits per heavy atom. The fourth-order valence-corrected chi connectivity index (χ4v) is 5.91. The zero-order chi connectivity index (χ0) is 25.6. The summed E-state index contributed by atoms with van der Waals surface area (Å²) in [5.41, 5.74) is 2.96. The van der Waals surface area contributed by atoms with Crippen LogP contribution in [0, 0.1) is 5.82 Å². The van der Waals surface area contributed by atoms with Crippen LogP contribution in [0.25, 0.3) is 11.3 Å². The molecule has 0 spiro atoms. The number of nitrogens with zero attached hydrogens (tertiary/aromatic N) is 1. The maximum Gasteiger partial charge on any atom is 0.271 e. The van der Waals surface area contributed by atoms with Gasteiger partial charge in [-0.25, -0.2) is 4.39 Å². The molecule has 2 fully saturated rings. The topological polar surface area (TPSA) is 65.2 Å². The molecular weight excluding hydrogens is 465 g/mol. The Labute approximate surface area is 218 Å². The molecule has 0 aliphatic heterocycles. The summed E-state index contributed by atoms with van der Waals surface area (Å²) in [5, 5.41) is 3.25. The van der Waals surface area contributed by atoms with Gasteiger partial charge in [-0.05, 0) is 61.1 Å². The van der Waals surface area contributed by atoms with Crippen molar-refractivity contribution >= 4 is 11.8 Å². The number of hydrogen-bond acceptors (Lipinski definition) is 2. The molecule has 1 atom stereocenters. The smallest absolute Gasteiger partial charge is 0.271 e. The Morgan fingerprint density at radius 2 is 1.46 bits per heavy atom. The highest BCUT2D eigenvalue weighted by atomic mass is 19.1. The van der Waals surface area contributed by atoms with E-state index in [1.54, 1.807) is 23.1 Å². The molecule has 37 heavy (non-hydrogen) atoms. The minimum absolute atomic E-state index is 0.0584. The van der Waals surface area contributed by atoms with E-state index in [1.807, 2.05) is 36.4 Å². The number of nitrogens with one attached hydrogen (secondary N) is 2. The van der Waals surface area contributed by atoms with E-state index in [0.717, 1.165) is 69.0 Å². The van der Waals surface area contributed by atoms with Gasteiger partial charge >= 0.3 is 0 Å².